The third-order valence-electron chi connectivity index (χ3n) is 5.15. The summed E-state index contributed by atoms with van der Waals surface area (Å²) in [5.41, 5.74) is 7.60. The lowest BCUT2D eigenvalue weighted by molar-refractivity contribution is 0.0934. The Morgan fingerprint density at radius 2 is 1.88 bits per heavy atom. The highest BCUT2D eigenvalue weighted by Crippen LogP contribution is 2.27. The number of halogens is 2. The zero-order valence-electron chi connectivity index (χ0n) is 16.8. The number of nitrogens with zero attached hydrogens (tertiary/aromatic N) is 4. The van der Waals surface area contributed by atoms with Crippen LogP contribution in [-0.2, 0) is 13.0 Å². The van der Waals surface area contributed by atoms with Gasteiger partial charge < -0.3 is 11.1 Å². The van der Waals surface area contributed by atoms with Crippen molar-refractivity contribution >= 4 is 46.7 Å². The Labute approximate surface area is 193 Å². The van der Waals surface area contributed by atoms with E-state index in [4.69, 9.17) is 34.3 Å². The first-order chi connectivity index (χ1) is 15.3. The predicted molar refractivity (Wildman–Crippen MR) is 121 cm³/mol. The van der Waals surface area contributed by atoms with Gasteiger partial charge in [0.05, 0.1) is 18.3 Å². The average Bonchev–Trinajstić information content (AvgIpc) is 3.18. The van der Waals surface area contributed by atoms with Gasteiger partial charge in [-0.3, -0.25) is 10.2 Å². The monoisotopic (exact) mass is 471 g/mol. The third kappa shape index (κ3) is 4.30. The normalized spacial score (nSPS) is 15.8. The lowest BCUT2D eigenvalue weighted by Crippen LogP contribution is -2.51. The Hall–Kier alpha value is -3.43. The van der Waals surface area contributed by atoms with E-state index in [0.717, 1.165) is 10.5 Å². The summed E-state index contributed by atoms with van der Waals surface area (Å²) in [7, 11) is 0. The number of urea groups is 1. The maximum atomic E-state index is 12.8. The lowest BCUT2D eigenvalue weighted by Gasteiger charge is -2.25. The first kappa shape index (κ1) is 21.8. The fourth-order valence-corrected chi connectivity index (χ4v) is 4.10. The molecule has 1 unspecified atom stereocenters. The van der Waals surface area contributed by atoms with E-state index < -0.39 is 18.0 Å². The molecule has 0 saturated carbocycles. The van der Waals surface area contributed by atoms with Crippen LogP contribution < -0.4 is 16.0 Å². The van der Waals surface area contributed by atoms with Crippen LogP contribution in [0, 0.1) is 5.41 Å². The molecule has 1 aliphatic heterocycles. The number of amidine groups is 1. The van der Waals surface area contributed by atoms with E-state index in [1.165, 1.54) is 11.0 Å². The number of benzene rings is 2. The van der Waals surface area contributed by atoms with Crippen molar-refractivity contribution in [2.24, 2.45) is 5.73 Å². The van der Waals surface area contributed by atoms with Gasteiger partial charge in [-0.05, 0) is 36.6 Å². The van der Waals surface area contributed by atoms with Gasteiger partial charge in [-0.15, -0.1) is 5.10 Å². The largest absolute Gasteiger partial charge is 0.351 e. The molecule has 4 N–H and O–H groups in total. The minimum absolute atomic E-state index is 0.0756. The molecule has 3 aromatic rings. The Morgan fingerprint density at radius 3 is 2.59 bits per heavy atom. The summed E-state index contributed by atoms with van der Waals surface area (Å²) in [6.45, 7) is 0.239. The number of nitrogens with two attached hydrogens (primary N) is 1. The Bertz CT molecular complexity index is 1190. The first-order valence-electron chi connectivity index (χ1n) is 9.74. The van der Waals surface area contributed by atoms with Gasteiger partial charge in [-0.2, -0.15) is 0 Å². The van der Waals surface area contributed by atoms with Gasteiger partial charge >= 0.3 is 6.03 Å². The average molecular weight is 472 g/mol. The first-order valence-corrected chi connectivity index (χ1v) is 10.5. The van der Waals surface area contributed by atoms with Crippen molar-refractivity contribution in [3.8, 4) is 0 Å². The number of anilines is 1. The van der Waals surface area contributed by atoms with Crippen LogP contribution in [0.5, 0.6) is 0 Å². The molecule has 4 rings (SSSR count). The molecular weight excluding hydrogens is 453 g/mol. The van der Waals surface area contributed by atoms with Crippen molar-refractivity contribution in [2.75, 3.05) is 4.90 Å². The highest BCUT2D eigenvalue weighted by atomic mass is 35.5. The van der Waals surface area contributed by atoms with E-state index in [-0.39, 0.29) is 18.2 Å². The van der Waals surface area contributed by atoms with E-state index in [2.05, 4.69) is 15.4 Å². The summed E-state index contributed by atoms with van der Waals surface area (Å²) in [6.07, 6.45) is 2.38. The van der Waals surface area contributed by atoms with Crippen LogP contribution in [0.1, 0.15) is 28.2 Å². The number of carbonyl (C=O) groups is 2. The Morgan fingerprint density at radius 1 is 1.16 bits per heavy atom. The minimum Gasteiger partial charge on any atom is -0.351 e. The van der Waals surface area contributed by atoms with Crippen molar-refractivity contribution in [2.45, 2.75) is 25.4 Å². The number of hydrogen-bond acceptors (Lipinski definition) is 5. The SMILES string of the molecule is N=C1C(NC(=O)c2ncn(Cc3c(Cl)cccc3Cl)n2)CCc2ccccc2N1C(N)=O. The van der Waals surface area contributed by atoms with Crippen LogP contribution in [-0.4, -0.2) is 38.6 Å². The van der Waals surface area contributed by atoms with Gasteiger partial charge in [0.25, 0.3) is 5.91 Å². The number of rotatable bonds is 4. The molecule has 0 aliphatic carbocycles. The molecule has 0 radical (unpaired) electrons. The summed E-state index contributed by atoms with van der Waals surface area (Å²) < 4.78 is 1.45. The zero-order valence-corrected chi connectivity index (χ0v) is 18.3. The van der Waals surface area contributed by atoms with E-state index >= 15 is 0 Å². The van der Waals surface area contributed by atoms with Gasteiger partial charge in [0.15, 0.2) is 0 Å². The number of aryl methyl sites for hydroxylation is 1. The number of primary amides is 1. The smallest absolute Gasteiger partial charge is 0.324 e. The van der Waals surface area contributed by atoms with Crippen molar-refractivity contribution in [1.29, 1.82) is 5.41 Å². The minimum atomic E-state index is -0.789. The standard InChI is InChI=1S/C21H19Cl2N7O2/c22-14-5-3-6-15(23)13(14)10-29-11-26-19(28-29)20(31)27-16-9-8-12-4-1-2-7-17(12)30(18(16)24)21(25)32/h1-7,11,16,24H,8-10H2,(H2,25,32)(H,27,31). The number of carbonyl (C=O) groups excluding carboxylic acids is 2. The zero-order chi connectivity index (χ0) is 22.8. The maximum absolute atomic E-state index is 12.8. The van der Waals surface area contributed by atoms with E-state index in [0.29, 0.717) is 34.1 Å². The number of aromatic nitrogens is 3. The summed E-state index contributed by atoms with van der Waals surface area (Å²) in [6, 6.07) is 10.8. The molecule has 1 aliphatic rings. The number of amides is 3. The third-order valence-corrected chi connectivity index (χ3v) is 5.86. The highest BCUT2D eigenvalue weighted by molar-refractivity contribution is 6.36. The Balaban J connectivity index is 1.51. The van der Waals surface area contributed by atoms with Crippen LogP contribution in [0.2, 0.25) is 10.0 Å². The molecule has 2 heterocycles. The van der Waals surface area contributed by atoms with E-state index in [9.17, 15) is 9.59 Å². The molecule has 3 amide bonds. The fraction of sp³-hybridized carbons (Fsp3) is 0.190. The molecule has 32 heavy (non-hydrogen) atoms. The second-order valence-corrected chi connectivity index (χ2v) is 8.03. The van der Waals surface area contributed by atoms with Gasteiger partial charge in [0, 0.05) is 15.6 Å². The molecule has 1 atom stereocenters. The molecule has 9 nitrogen and oxygen atoms in total. The van der Waals surface area contributed by atoms with Crippen LogP contribution in [0.25, 0.3) is 0 Å². The highest BCUT2D eigenvalue weighted by Gasteiger charge is 2.32. The van der Waals surface area contributed by atoms with E-state index in [1.807, 2.05) is 12.1 Å². The Kier molecular flexibility index (Phi) is 6.11. The van der Waals surface area contributed by atoms with Crippen molar-refractivity contribution in [3.05, 3.63) is 75.8 Å². The van der Waals surface area contributed by atoms with Gasteiger partial charge in [0.2, 0.25) is 5.82 Å². The van der Waals surface area contributed by atoms with E-state index in [1.54, 1.807) is 30.3 Å². The van der Waals surface area contributed by atoms with Crippen LogP contribution in [0.4, 0.5) is 10.5 Å². The van der Waals surface area contributed by atoms with Crippen LogP contribution >= 0.6 is 23.2 Å². The fourth-order valence-electron chi connectivity index (χ4n) is 3.58. The molecule has 0 bridgehead atoms. The van der Waals surface area contributed by atoms with Gasteiger partial charge in [-0.25, -0.2) is 19.4 Å². The summed E-state index contributed by atoms with van der Waals surface area (Å²) >= 11 is 12.4. The summed E-state index contributed by atoms with van der Waals surface area (Å²) in [5, 5.41) is 16.4. The van der Waals surface area contributed by atoms with Crippen LogP contribution in [0.15, 0.2) is 48.8 Å². The summed E-state index contributed by atoms with van der Waals surface area (Å²) in [5.74, 6) is -0.759. The number of para-hydroxylation sites is 1. The topological polar surface area (TPSA) is 130 Å². The molecule has 11 heteroatoms. The molecular formula is C21H19Cl2N7O2. The molecule has 0 saturated heterocycles. The molecule has 164 valence electrons. The molecule has 0 fully saturated rings. The molecule has 0 spiro atoms. The second-order valence-electron chi connectivity index (χ2n) is 7.22. The number of nitrogens with one attached hydrogen (secondary N) is 2. The molecule has 1 aromatic heterocycles. The summed E-state index contributed by atoms with van der Waals surface area (Å²) in [4.78, 5) is 30.0. The van der Waals surface area contributed by atoms with Gasteiger partial charge in [-0.1, -0.05) is 47.5 Å². The maximum Gasteiger partial charge on any atom is 0.324 e. The number of fused-ring (bicyclic) bond motifs is 1. The van der Waals surface area contributed by atoms with Gasteiger partial charge in [0.1, 0.15) is 12.2 Å². The molecule has 2 aromatic carbocycles. The number of hydrogen-bond donors (Lipinski definition) is 3. The van der Waals surface area contributed by atoms with Crippen molar-refractivity contribution < 1.29 is 9.59 Å². The van der Waals surface area contributed by atoms with Crippen LogP contribution in [0.3, 0.4) is 0 Å². The van der Waals surface area contributed by atoms with Crippen molar-refractivity contribution in [1.82, 2.24) is 20.1 Å². The second kappa shape index (κ2) is 8.97. The van der Waals surface area contributed by atoms with Crippen molar-refractivity contribution in [3.63, 3.8) is 0 Å². The predicted octanol–water partition coefficient (Wildman–Crippen LogP) is 3.24. The quantitative estimate of drug-likeness (QED) is 0.538. The lowest BCUT2D eigenvalue weighted by atomic mass is 10.1.